The maximum Gasteiger partial charge on any atom is 0.0482 e. The lowest BCUT2D eigenvalue weighted by atomic mass is 9.88. The quantitative estimate of drug-likeness (QED) is 0.175. The number of aliphatic hydroxyl groups is 2. The average molecular weight is 591 g/mol. The van der Waals surface area contributed by atoms with Gasteiger partial charge in [0.2, 0.25) is 0 Å². The summed E-state index contributed by atoms with van der Waals surface area (Å²) >= 11 is 4.65. The van der Waals surface area contributed by atoms with Crippen molar-refractivity contribution in [1.82, 2.24) is 0 Å². The van der Waals surface area contributed by atoms with Crippen LogP contribution in [0.5, 0.6) is 0 Å². The van der Waals surface area contributed by atoms with Crippen LogP contribution < -0.4 is 0 Å². The fourth-order valence-corrected chi connectivity index (χ4v) is 8.91. The first-order chi connectivity index (χ1) is 18.8. The Morgan fingerprint density at radius 3 is 1.44 bits per heavy atom. The summed E-state index contributed by atoms with van der Waals surface area (Å²) in [6, 6.07) is 0. The van der Waals surface area contributed by atoms with Crippen molar-refractivity contribution >= 4 is 23.5 Å². The van der Waals surface area contributed by atoms with Gasteiger partial charge in [0.15, 0.2) is 0 Å². The Morgan fingerprint density at radius 1 is 0.667 bits per heavy atom. The van der Waals surface area contributed by atoms with E-state index in [9.17, 15) is 10.2 Å². The van der Waals surface area contributed by atoms with Crippen molar-refractivity contribution in [3.8, 4) is 0 Å². The van der Waals surface area contributed by atoms with Crippen molar-refractivity contribution in [2.45, 2.75) is 199 Å². The predicted octanol–water partition coefficient (Wildman–Crippen LogP) is 11.7. The van der Waals surface area contributed by atoms with Gasteiger partial charge in [-0.05, 0) is 75.5 Å². The van der Waals surface area contributed by atoms with E-state index in [1.165, 1.54) is 109 Å². The van der Waals surface area contributed by atoms with Crippen LogP contribution in [0.15, 0.2) is 0 Å². The van der Waals surface area contributed by atoms with Crippen molar-refractivity contribution in [3.05, 3.63) is 0 Å². The van der Waals surface area contributed by atoms with Crippen molar-refractivity contribution < 1.29 is 10.2 Å². The zero-order valence-electron chi connectivity index (χ0n) is 28.2. The molecule has 238 valence electrons. The molecule has 0 bridgehead atoms. The third-order valence-electron chi connectivity index (χ3n) is 7.77. The van der Waals surface area contributed by atoms with Gasteiger partial charge < -0.3 is 10.2 Å². The van der Waals surface area contributed by atoms with Gasteiger partial charge in [-0.1, -0.05) is 114 Å². The number of rotatable bonds is 16. The molecule has 0 saturated carbocycles. The van der Waals surface area contributed by atoms with Gasteiger partial charge in [-0.15, -0.1) is 0 Å². The van der Waals surface area contributed by atoms with Gasteiger partial charge in [-0.3, -0.25) is 0 Å². The minimum atomic E-state index is 0.108. The first-order valence-electron chi connectivity index (χ1n) is 17.4. The summed E-state index contributed by atoms with van der Waals surface area (Å²) in [4.78, 5) is 0. The summed E-state index contributed by atoms with van der Waals surface area (Å²) < 4.78 is 0. The maximum atomic E-state index is 9.43. The molecule has 5 unspecified atom stereocenters. The summed E-state index contributed by atoms with van der Waals surface area (Å²) in [5.41, 5.74) is 0.108. The number of thioether (sulfide) groups is 2. The highest BCUT2D eigenvalue weighted by Crippen LogP contribution is 2.40. The normalized spacial score (nSPS) is 23.8. The first-order valence-corrected chi connectivity index (χ1v) is 19.2. The molecule has 0 spiro atoms. The predicted molar refractivity (Wildman–Crippen MR) is 185 cm³/mol. The Morgan fingerprint density at radius 2 is 1.05 bits per heavy atom. The molecule has 0 aromatic rings. The third-order valence-corrected chi connectivity index (χ3v) is 11.2. The van der Waals surface area contributed by atoms with Crippen LogP contribution in [0.25, 0.3) is 0 Å². The zero-order chi connectivity index (χ0) is 29.9. The summed E-state index contributed by atoms with van der Waals surface area (Å²) in [5, 5.41) is 22.2. The van der Waals surface area contributed by atoms with E-state index in [1.54, 1.807) is 0 Å². The molecule has 2 saturated heterocycles. The van der Waals surface area contributed by atoms with Gasteiger partial charge in [-0.2, -0.15) is 23.5 Å². The number of unbranched alkanes of at least 4 members (excludes halogenated alkanes) is 2. The van der Waals surface area contributed by atoms with E-state index in [4.69, 9.17) is 0 Å². The second-order valence-corrected chi connectivity index (χ2v) is 15.6. The molecule has 2 aliphatic rings. The van der Waals surface area contributed by atoms with Gasteiger partial charge in [0.1, 0.15) is 0 Å². The number of aliphatic hydroxyl groups excluding tert-OH is 2. The van der Waals surface area contributed by atoms with Crippen LogP contribution in [0.1, 0.15) is 178 Å². The first kappa shape index (κ1) is 41.8. The second kappa shape index (κ2) is 28.7. The highest BCUT2D eigenvalue weighted by atomic mass is 32.2. The van der Waals surface area contributed by atoms with Crippen molar-refractivity contribution in [2.75, 3.05) is 13.2 Å². The van der Waals surface area contributed by atoms with Crippen LogP contribution >= 0.6 is 23.5 Å². The van der Waals surface area contributed by atoms with Gasteiger partial charge in [-0.25, -0.2) is 0 Å². The lowest BCUT2D eigenvalue weighted by Gasteiger charge is -2.31. The van der Waals surface area contributed by atoms with Gasteiger partial charge in [0, 0.05) is 34.2 Å². The second-order valence-electron chi connectivity index (χ2n) is 12.4. The minimum absolute atomic E-state index is 0.108. The molecule has 0 aliphatic carbocycles. The van der Waals surface area contributed by atoms with Gasteiger partial charge in [0.25, 0.3) is 0 Å². The molecule has 4 heteroatoms. The fourth-order valence-electron chi connectivity index (χ4n) is 5.40. The van der Waals surface area contributed by atoms with Crippen LogP contribution in [0, 0.1) is 11.3 Å². The zero-order valence-corrected chi connectivity index (χ0v) is 29.9. The Bertz CT molecular complexity index is 485. The average Bonchev–Trinajstić information content (AvgIpc) is 2.96. The topological polar surface area (TPSA) is 40.5 Å². The minimum Gasteiger partial charge on any atom is -0.396 e. The lowest BCUT2D eigenvalue weighted by Crippen LogP contribution is -2.20. The molecule has 0 amide bonds. The smallest absolute Gasteiger partial charge is 0.0482 e. The largest absolute Gasteiger partial charge is 0.396 e. The third kappa shape index (κ3) is 23.8. The lowest BCUT2D eigenvalue weighted by molar-refractivity contribution is 0.147. The monoisotopic (exact) mass is 591 g/mol. The number of hydrogen-bond acceptors (Lipinski definition) is 4. The van der Waals surface area contributed by atoms with E-state index in [2.05, 4.69) is 58.1 Å². The molecule has 2 N–H and O–H groups in total. The van der Waals surface area contributed by atoms with E-state index < -0.39 is 0 Å². The molecule has 0 aromatic carbocycles. The Balaban J connectivity index is 0. The summed E-state index contributed by atoms with van der Waals surface area (Å²) in [6.07, 6.45) is 24.6. The van der Waals surface area contributed by atoms with E-state index in [0.717, 1.165) is 27.4 Å². The van der Waals surface area contributed by atoms with Crippen LogP contribution in [0.2, 0.25) is 0 Å². The molecular formula is C35H74O2S2. The fraction of sp³-hybridized carbons (Fsp3) is 1.00. The molecule has 2 heterocycles. The molecule has 2 fully saturated rings. The van der Waals surface area contributed by atoms with E-state index in [0.29, 0.717) is 19.1 Å². The maximum absolute atomic E-state index is 9.43. The molecule has 2 nitrogen and oxygen atoms in total. The highest BCUT2D eigenvalue weighted by Gasteiger charge is 2.25. The Labute approximate surface area is 256 Å². The molecular weight excluding hydrogens is 517 g/mol. The van der Waals surface area contributed by atoms with E-state index in [1.807, 2.05) is 27.7 Å². The van der Waals surface area contributed by atoms with Gasteiger partial charge >= 0.3 is 0 Å². The van der Waals surface area contributed by atoms with Crippen LogP contribution in [0.4, 0.5) is 0 Å². The van der Waals surface area contributed by atoms with Crippen LogP contribution in [0.3, 0.4) is 0 Å². The molecule has 5 atom stereocenters. The summed E-state index contributed by atoms with van der Waals surface area (Å²) in [5.74, 6) is 0.484. The summed E-state index contributed by atoms with van der Waals surface area (Å²) in [7, 11) is 0. The van der Waals surface area contributed by atoms with Crippen molar-refractivity contribution in [3.63, 3.8) is 0 Å². The van der Waals surface area contributed by atoms with E-state index >= 15 is 0 Å². The SMILES string of the molecule is CC.CC.CC(CO)CCCCC1CCCC(CCCC2CCCC(CCCCC(C)(C)CO)S2)S1.CCC. The Kier molecular flexibility index (Phi) is 30.8. The highest BCUT2D eigenvalue weighted by molar-refractivity contribution is 8.00. The molecule has 0 radical (unpaired) electrons. The molecule has 2 rings (SSSR count). The van der Waals surface area contributed by atoms with Gasteiger partial charge in [0.05, 0.1) is 0 Å². The van der Waals surface area contributed by atoms with Crippen LogP contribution in [-0.4, -0.2) is 44.4 Å². The standard InChI is InChI=1S/C28H54O2S2.C3H8.2C2H6/c1-23(21-29)11-4-5-12-24-14-8-16-26(31-24)18-10-19-27-17-9-15-25(32-27)13-6-7-20-28(2,3)22-30;1-3-2;2*1-2/h23-27,29-30H,4-22H2,1-3H3;3H2,1-2H3;2*1-2H3. The van der Waals surface area contributed by atoms with Crippen molar-refractivity contribution in [1.29, 1.82) is 0 Å². The summed E-state index contributed by atoms with van der Waals surface area (Å²) in [6.45, 7) is 19.5. The molecule has 0 aromatic heterocycles. The van der Waals surface area contributed by atoms with Crippen LogP contribution in [-0.2, 0) is 0 Å². The molecule has 2 aliphatic heterocycles. The Hall–Kier alpha value is 0.620. The molecule has 39 heavy (non-hydrogen) atoms. The van der Waals surface area contributed by atoms with Crippen molar-refractivity contribution in [2.24, 2.45) is 11.3 Å². The number of hydrogen-bond donors (Lipinski definition) is 2. The van der Waals surface area contributed by atoms with E-state index in [-0.39, 0.29) is 5.41 Å².